The van der Waals surface area contributed by atoms with E-state index in [0.29, 0.717) is 23.0 Å². The third kappa shape index (κ3) is 7.33. The van der Waals surface area contributed by atoms with Crippen molar-refractivity contribution in [3.63, 3.8) is 0 Å². The lowest BCUT2D eigenvalue weighted by atomic mass is 10.5. The first-order valence-corrected chi connectivity index (χ1v) is 5.78. The minimum Gasteiger partial charge on any atom is -0.391 e. The summed E-state index contributed by atoms with van der Waals surface area (Å²) in [7, 11) is 0. The molecule has 0 aliphatic carbocycles. The Balaban J connectivity index is 3.13. The van der Waals surface area contributed by atoms with E-state index >= 15 is 0 Å². The molecule has 2 unspecified atom stereocenters. The van der Waals surface area contributed by atoms with Crippen LogP contribution in [0.5, 0.6) is 0 Å². The number of hydrogen-bond acceptors (Lipinski definition) is 5. The van der Waals surface area contributed by atoms with Crippen LogP contribution in [0.3, 0.4) is 0 Å². The van der Waals surface area contributed by atoms with Crippen LogP contribution < -0.4 is 0 Å². The van der Waals surface area contributed by atoms with E-state index in [1.165, 1.54) is 11.8 Å². The van der Waals surface area contributed by atoms with Gasteiger partial charge in [0.2, 0.25) is 0 Å². The van der Waals surface area contributed by atoms with Crippen molar-refractivity contribution in [3.05, 3.63) is 0 Å². The fraction of sp³-hybridized carbons (Fsp3) is 1.00. The van der Waals surface area contributed by atoms with E-state index in [9.17, 15) is 0 Å². The van der Waals surface area contributed by atoms with Gasteiger partial charge >= 0.3 is 0 Å². The number of rotatable bonds is 6. The van der Waals surface area contributed by atoms with Gasteiger partial charge in [-0.3, -0.25) is 0 Å². The molecule has 2 N–H and O–H groups in total. The molecule has 0 aliphatic heterocycles. The third-order valence-corrected chi connectivity index (χ3v) is 3.13. The van der Waals surface area contributed by atoms with E-state index in [0.717, 1.165) is 0 Å². The summed E-state index contributed by atoms with van der Waals surface area (Å²) in [5.74, 6) is 2.22. The van der Waals surface area contributed by atoms with Crippen LogP contribution in [0.25, 0.3) is 0 Å². The Bertz CT molecular complexity index is 81.9. The highest BCUT2D eigenvalue weighted by molar-refractivity contribution is 7.99. The molecule has 2 nitrogen and oxygen atoms in total. The Kier molecular flexibility index (Phi) is 8.28. The zero-order chi connectivity index (χ0) is 8.69. The maximum atomic E-state index is 9.05. The second kappa shape index (κ2) is 7.61. The van der Waals surface area contributed by atoms with Gasteiger partial charge in [-0.25, -0.2) is 0 Å². The van der Waals surface area contributed by atoms with Crippen LogP contribution in [0.2, 0.25) is 0 Å². The predicted molar refractivity (Wildman–Crippen MR) is 57.0 cm³/mol. The summed E-state index contributed by atoms with van der Waals surface area (Å²) in [5.41, 5.74) is 0. The lowest BCUT2D eigenvalue weighted by Crippen LogP contribution is -2.16. The lowest BCUT2D eigenvalue weighted by molar-refractivity contribution is 0.220. The van der Waals surface area contributed by atoms with Crippen molar-refractivity contribution in [2.24, 2.45) is 0 Å². The van der Waals surface area contributed by atoms with Crippen LogP contribution in [-0.2, 0) is 0 Å². The minimum atomic E-state index is -0.365. The van der Waals surface area contributed by atoms with Gasteiger partial charge < -0.3 is 10.2 Å². The Morgan fingerprint density at radius 1 is 1.00 bits per heavy atom. The maximum Gasteiger partial charge on any atom is 0.0718 e. The highest BCUT2D eigenvalue weighted by Gasteiger charge is 2.04. The molecule has 0 aromatic heterocycles. The van der Waals surface area contributed by atoms with Gasteiger partial charge in [-0.1, -0.05) is 0 Å². The quantitative estimate of drug-likeness (QED) is 0.481. The summed E-state index contributed by atoms with van der Waals surface area (Å²) >= 11 is 9.37. The van der Waals surface area contributed by atoms with Crippen molar-refractivity contribution < 1.29 is 10.2 Å². The standard InChI is InChI=1S/C6H14O2S3/c7-5(1-9)3-11-4-6(8)2-10/h5-10H,1-4H2. The van der Waals surface area contributed by atoms with E-state index < -0.39 is 0 Å². The van der Waals surface area contributed by atoms with E-state index in [1.807, 2.05) is 0 Å². The van der Waals surface area contributed by atoms with Gasteiger partial charge in [0.05, 0.1) is 12.2 Å². The van der Waals surface area contributed by atoms with Crippen molar-refractivity contribution in [1.82, 2.24) is 0 Å². The Morgan fingerprint density at radius 2 is 1.36 bits per heavy atom. The second-order valence-electron chi connectivity index (χ2n) is 2.21. The predicted octanol–water partition coefficient (Wildman–Crippen LogP) is 0.301. The monoisotopic (exact) mass is 214 g/mol. The summed E-state index contributed by atoms with van der Waals surface area (Å²) in [6.45, 7) is 0. The van der Waals surface area contributed by atoms with Gasteiger partial charge in [-0.05, 0) is 0 Å². The van der Waals surface area contributed by atoms with E-state index in [4.69, 9.17) is 10.2 Å². The lowest BCUT2D eigenvalue weighted by Gasteiger charge is -2.08. The highest BCUT2D eigenvalue weighted by atomic mass is 32.2. The number of aliphatic hydroxyl groups is 2. The van der Waals surface area contributed by atoms with Gasteiger partial charge in [0.1, 0.15) is 0 Å². The van der Waals surface area contributed by atoms with Crippen LogP contribution >= 0.6 is 37.0 Å². The number of thioether (sulfide) groups is 1. The average molecular weight is 214 g/mol. The van der Waals surface area contributed by atoms with Crippen LogP contribution in [0.4, 0.5) is 0 Å². The minimum absolute atomic E-state index is 0.365. The third-order valence-electron chi connectivity index (χ3n) is 1.04. The normalized spacial score (nSPS) is 16.4. The zero-order valence-electron chi connectivity index (χ0n) is 6.18. The molecule has 0 saturated carbocycles. The molecule has 0 rings (SSSR count). The molecule has 0 bridgehead atoms. The fourth-order valence-electron chi connectivity index (χ4n) is 0.446. The Labute approximate surface area is 82.6 Å². The van der Waals surface area contributed by atoms with Crippen LogP contribution in [-0.4, -0.2) is 45.4 Å². The van der Waals surface area contributed by atoms with Gasteiger partial charge in [-0.2, -0.15) is 37.0 Å². The molecular formula is C6H14O2S3. The first-order chi connectivity index (χ1) is 5.20. The van der Waals surface area contributed by atoms with Crippen molar-refractivity contribution >= 4 is 37.0 Å². The maximum absolute atomic E-state index is 9.05. The van der Waals surface area contributed by atoms with E-state index in [-0.39, 0.29) is 12.2 Å². The summed E-state index contributed by atoms with van der Waals surface area (Å²) in [4.78, 5) is 0. The molecule has 0 heterocycles. The Morgan fingerprint density at radius 3 is 1.64 bits per heavy atom. The molecule has 2 atom stereocenters. The smallest absolute Gasteiger partial charge is 0.0718 e. The fourth-order valence-corrected chi connectivity index (χ4v) is 1.97. The van der Waals surface area contributed by atoms with Crippen LogP contribution in [0, 0.1) is 0 Å². The summed E-state index contributed by atoms with van der Waals surface area (Å²) in [6, 6.07) is 0. The molecule has 68 valence electrons. The summed E-state index contributed by atoms with van der Waals surface area (Å²) < 4.78 is 0. The first-order valence-electron chi connectivity index (χ1n) is 3.36. The molecule has 0 aromatic carbocycles. The topological polar surface area (TPSA) is 40.5 Å². The van der Waals surface area contributed by atoms with E-state index in [1.54, 1.807) is 0 Å². The molecule has 0 saturated heterocycles. The highest BCUT2D eigenvalue weighted by Crippen LogP contribution is 2.06. The first kappa shape index (κ1) is 12.0. The van der Waals surface area contributed by atoms with Gasteiger partial charge in [-0.15, -0.1) is 0 Å². The van der Waals surface area contributed by atoms with Crippen molar-refractivity contribution in [3.8, 4) is 0 Å². The molecule has 0 radical (unpaired) electrons. The molecule has 0 aromatic rings. The second-order valence-corrected chi connectivity index (χ2v) is 4.02. The number of thiol groups is 2. The van der Waals surface area contributed by atoms with Gasteiger partial charge in [0.15, 0.2) is 0 Å². The van der Waals surface area contributed by atoms with Crippen molar-refractivity contribution in [1.29, 1.82) is 0 Å². The van der Waals surface area contributed by atoms with Crippen LogP contribution in [0.1, 0.15) is 0 Å². The van der Waals surface area contributed by atoms with E-state index in [2.05, 4.69) is 25.3 Å². The molecule has 0 amide bonds. The molecule has 0 fully saturated rings. The largest absolute Gasteiger partial charge is 0.391 e. The molecule has 11 heavy (non-hydrogen) atoms. The van der Waals surface area contributed by atoms with Gasteiger partial charge in [0, 0.05) is 23.0 Å². The van der Waals surface area contributed by atoms with Gasteiger partial charge in [0.25, 0.3) is 0 Å². The molecule has 0 aliphatic rings. The SMILES string of the molecule is OC(CS)CSCC(O)CS. The summed E-state index contributed by atoms with van der Waals surface area (Å²) in [6.07, 6.45) is -0.731. The molecule has 0 spiro atoms. The Hall–Kier alpha value is 0.970. The zero-order valence-corrected chi connectivity index (χ0v) is 8.79. The van der Waals surface area contributed by atoms with Crippen molar-refractivity contribution in [2.75, 3.05) is 23.0 Å². The molecule has 5 heteroatoms. The summed E-state index contributed by atoms with van der Waals surface area (Å²) in [5, 5.41) is 18.1. The number of aliphatic hydroxyl groups excluding tert-OH is 2. The van der Waals surface area contributed by atoms with Crippen molar-refractivity contribution in [2.45, 2.75) is 12.2 Å². The molecular weight excluding hydrogens is 200 g/mol. The average Bonchev–Trinajstić information content (AvgIpc) is 2.04. The van der Waals surface area contributed by atoms with Crippen LogP contribution in [0.15, 0.2) is 0 Å². The number of hydrogen-bond donors (Lipinski definition) is 4.